The monoisotopic (exact) mass is 553 g/mol. The Labute approximate surface area is 165 Å². The summed E-state index contributed by atoms with van der Waals surface area (Å²) in [6.45, 7) is 5.67. The molecule has 0 saturated heterocycles. The predicted molar refractivity (Wildman–Crippen MR) is 101 cm³/mol. The molecule has 8 heteroatoms. The second-order valence-corrected chi connectivity index (χ2v) is 23.5. The number of anilines is 1. The average Bonchev–Trinajstić information content (AvgIpc) is 3.21. The molecule has 3 rings (SSSR count). The average molecular weight is 554 g/mol. The first-order valence-corrected chi connectivity index (χ1v) is 25.6. The molecule has 0 fully saturated rings. The quantitative estimate of drug-likeness (QED) is 0.437. The maximum absolute atomic E-state index is 4.32. The van der Waals surface area contributed by atoms with Crippen LogP contribution >= 0.6 is 24.0 Å². The molecule has 0 N–H and O–H groups in total. The molecule has 0 aliphatic heterocycles. The molecule has 0 amide bonds. The second-order valence-electron chi connectivity index (χ2n) is 5.26. The third kappa shape index (κ3) is 5.69. The Morgan fingerprint density at radius 2 is 1.38 bits per heavy atom. The molecule has 0 saturated carbocycles. The Kier molecular flexibility index (Phi) is 8.47. The molecular formula is C16H19Br2CdN5. The van der Waals surface area contributed by atoms with Crippen LogP contribution in [0.4, 0.5) is 5.69 Å². The van der Waals surface area contributed by atoms with E-state index in [0.29, 0.717) is 13.3 Å². The summed E-state index contributed by atoms with van der Waals surface area (Å²) >= 11 is 6.16. The standard InChI is InChI=1S/C16H19N5.2BrH.Cd/c1-14-6-3-7-15(2)16(14)19(12-20-10-4-8-17-20)13-21-11-5-9-18-21;;;/h3-11H,12-13H2,1-2H3;2*1H;/q;;;+2/p-2. The molecule has 3 aromatic rings. The number of para-hydroxylation sites is 1. The summed E-state index contributed by atoms with van der Waals surface area (Å²) in [5, 5.41) is 8.63. The molecule has 2 aromatic heterocycles. The van der Waals surface area contributed by atoms with E-state index < -0.39 is 0 Å². The number of nitrogens with zero attached hydrogens (tertiary/aromatic N) is 5. The molecule has 1 aromatic carbocycles. The van der Waals surface area contributed by atoms with Gasteiger partial charge in [0.2, 0.25) is 0 Å². The van der Waals surface area contributed by atoms with E-state index in [1.165, 1.54) is 16.8 Å². The molecule has 0 unspecified atom stereocenters. The van der Waals surface area contributed by atoms with Crippen LogP contribution in [0.1, 0.15) is 11.1 Å². The predicted octanol–water partition coefficient (Wildman–Crippen LogP) is 4.51. The zero-order valence-electron chi connectivity index (χ0n) is 13.8. The zero-order valence-corrected chi connectivity index (χ0v) is 21.0. The van der Waals surface area contributed by atoms with Crippen LogP contribution in [0.25, 0.3) is 0 Å². The fraction of sp³-hybridized carbons (Fsp3) is 0.250. The summed E-state index contributed by atoms with van der Waals surface area (Å²) in [6, 6.07) is 10.3. The summed E-state index contributed by atoms with van der Waals surface area (Å²) in [4.78, 5) is 2.28. The van der Waals surface area contributed by atoms with E-state index in [2.05, 4.69) is 71.1 Å². The molecular weight excluding hydrogens is 534 g/mol. The summed E-state index contributed by atoms with van der Waals surface area (Å²) in [6.07, 6.45) is 7.56. The van der Waals surface area contributed by atoms with Gasteiger partial charge in [0.1, 0.15) is 13.3 Å². The van der Waals surface area contributed by atoms with Crippen LogP contribution in [-0.4, -0.2) is 19.6 Å². The first kappa shape index (κ1) is 19.6. The van der Waals surface area contributed by atoms with E-state index >= 15 is 0 Å². The van der Waals surface area contributed by atoms with Gasteiger partial charge in [-0.3, -0.25) is 9.36 Å². The van der Waals surface area contributed by atoms with E-state index in [0.717, 1.165) is 0 Å². The van der Waals surface area contributed by atoms with Crippen LogP contribution in [0.15, 0.2) is 55.1 Å². The zero-order chi connectivity index (χ0) is 17.4. The number of halogens is 2. The van der Waals surface area contributed by atoms with Gasteiger partial charge < -0.3 is 4.90 Å². The van der Waals surface area contributed by atoms with Gasteiger partial charge in [-0.25, -0.2) is 0 Å². The van der Waals surface area contributed by atoms with E-state index in [9.17, 15) is 0 Å². The van der Waals surface area contributed by atoms with Crippen molar-refractivity contribution in [3.05, 3.63) is 66.2 Å². The first-order chi connectivity index (χ1) is 11.7. The summed E-state index contributed by atoms with van der Waals surface area (Å²) in [5.74, 6) is 0. The van der Waals surface area contributed by atoms with Gasteiger partial charge in [0, 0.05) is 30.5 Å². The molecule has 0 aliphatic carbocycles. The van der Waals surface area contributed by atoms with E-state index in [1.807, 2.05) is 33.9 Å². The Morgan fingerprint density at radius 3 is 1.75 bits per heavy atom. The van der Waals surface area contributed by atoms with Crippen molar-refractivity contribution in [3.8, 4) is 0 Å². The first-order valence-electron chi connectivity index (χ1n) is 7.53. The Balaban J connectivity index is 0.000000647. The number of aromatic nitrogens is 4. The van der Waals surface area contributed by atoms with Crippen molar-refractivity contribution in [1.82, 2.24) is 19.6 Å². The van der Waals surface area contributed by atoms with Crippen LogP contribution in [0.5, 0.6) is 0 Å². The molecule has 0 aliphatic rings. The topological polar surface area (TPSA) is 38.9 Å². The van der Waals surface area contributed by atoms with E-state index in [-0.39, 0.29) is 19.4 Å². The van der Waals surface area contributed by atoms with Crippen molar-refractivity contribution in [2.75, 3.05) is 4.90 Å². The number of hydrogen-bond acceptors (Lipinski definition) is 3. The van der Waals surface area contributed by atoms with Gasteiger partial charge in [0.05, 0.1) is 0 Å². The van der Waals surface area contributed by atoms with Crippen molar-refractivity contribution in [2.45, 2.75) is 27.2 Å². The third-order valence-electron chi connectivity index (χ3n) is 3.51. The molecule has 5 nitrogen and oxygen atoms in total. The van der Waals surface area contributed by atoms with Crippen molar-refractivity contribution < 1.29 is 19.4 Å². The Morgan fingerprint density at radius 1 is 0.917 bits per heavy atom. The summed E-state index contributed by atoms with van der Waals surface area (Å²) in [7, 11) is 0. The van der Waals surface area contributed by atoms with Crippen molar-refractivity contribution >= 4 is 29.7 Å². The minimum atomic E-state index is -0.385. The van der Waals surface area contributed by atoms with Gasteiger partial charge in [0.15, 0.2) is 0 Å². The summed E-state index contributed by atoms with van der Waals surface area (Å²) < 4.78 is 3.85. The summed E-state index contributed by atoms with van der Waals surface area (Å²) in [5.41, 5.74) is 3.76. The molecule has 0 atom stereocenters. The molecule has 2 heterocycles. The molecule has 124 valence electrons. The number of aryl methyl sites for hydroxylation is 2. The Bertz CT molecular complexity index is 660. The van der Waals surface area contributed by atoms with Crippen LogP contribution < -0.4 is 4.90 Å². The van der Waals surface area contributed by atoms with Crippen LogP contribution in [0, 0.1) is 13.8 Å². The van der Waals surface area contributed by atoms with Crippen molar-refractivity contribution in [1.29, 1.82) is 0 Å². The maximum atomic E-state index is 4.32. The van der Waals surface area contributed by atoms with Gasteiger partial charge in [-0.1, -0.05) is 18.2 Å². The van der Waals surface area contributed by atoms with Gasteiger partial charge in [-0.2, -0.15) is 10.2 Å². The Hall–Kier alpha value is -0.678. The van der Waals surface area contributed by atoms with E-state index in [1.54, 1.807) is 12.4 Å². The third-order valence-corrected chi connectivity index (χ3v) is 3.51. The van der Waals surface area contributed by atoms with Crippen LogP contribution in [0.3, 0.4) is 0 Å². The fourth-order valence-electron chi connectivity index (χ4n) is 2.61. The fourth-order valence-corrected chi connectivity index (χ4v) is 2.61. The number of hydrogen-bond donors (Lipinski definition) is 0. The van der Waals surface area contributed by atoms with Crippen LogP contribution in [0.2, 0.25) is 0 Å². The van der Waals surface area contributed by atoms with Gasteiger partial charge in [-0.05, 0) is 37.1 Å². The normalized spacial score (nSPS) is 9.83. The van der Waals surface area contributed by atoms with Gasteiger partial charge in [-0.15, -0.1) is 0 Å². The van der Waals surface area contributed by atoms with Crippen LogP contribution in [-0.2, 0) is 32.8 Å². The minimum absolute atomic E-state index is 0.385. The van der Waals surface area contributed by atoms with Crippen molar-refractivity contribution in [3.63, 3.8) is 0 Å². The molecule has 0 radical (unpaired) electrons. The molecule has 0 spiro atoms. The molecule has 0 bridgehead atoms. The molecule has 24 heavy (non-hydrogen) atoms. The SMILES string of the molecule is Cc1cccc(C)c1N(Cn1cccn1)Cn1cccn1.[Br][Cd][Br]. The van der Waals surface area contributed by atoms with Gasteiger partial charge >= 0.3 is 43.4 Å². The van der Waals surface area contributed by atoms with Crippen molar-refractivity contribution in [2.24, 2.45) is 0 Å². The number of benzene rings is 1. The van der Waals surface area contributed by atoms with E-state index in [4.69, 9.17) is 0 Å². The second kappa shape index (κ2) is 10.3. The number of rotatable bonds is 5. The van der Waals surface area contributed by atoms with Gasteiger partial charge in [0.25, 0.3) is 0 Å².